The van der Waals surface area contributed by atoms with Crippen LogP contribution in [0.2, 0.25) is 0 Å². The highest BCUT2D eigenvalue weighted by atomic mass is 19.4. The molecule has 1 aliphatic carbocycles. The van der Waals surface area contributed by atoms with E-state index in [1.165, 1.54) is 0 Å². The topological polar surface area (TPSA) is 66.3 Å². The molecule has 3 rings (SSSR count). The molecule has 0 radical (unpaired) electrons. The van der Waals surface area contributed by atoms with E-state index in [1.807, 2.05) is 0 Å². The van der Waals surface area contributed by atoms with Crippen LogP contribution in [0.25, 0.3) is 0 Å². The molecule has 2 fully saturated rings. The Balaban J connectivity index is 1.76. The molecule has 24 heavy (non-hydrogen) atoms. The third-order valence-corrected chi connectivity index (χ3v) is 4.99. The van der Waals surface area contributed by atoms with E-state index in [2.05, 4.69) is 9.97 Å². The molecule has 1 aliphatic heterocycles. The zero-order valence-corrected chi connectivity index (χ0v) is 13.2. The summed E-state index contributed by atoms with van der Waals surface area (Å²) in [7, 11) is 0. The maximum Gasteiger partial charge on any atom is 0.451 e. The molecule has 1 aromatic rings. The molecular formula is C16H20F3N3O2. The molecule has 3 atom stereocenters. The smallest absolute Gasteiger partial charge is 0.393 e. The van der Waals surface area contributed by atoms with Gasteiger partial charge in [-0.3, -0.25) is 4.79 Å². The van der Waals surface area contributed by atoms with Crippen molar-refractivity contribution in [1.29, 1.82) is 0 Å². The van der Waals surface area contributed by atoms with Gasteiger partial charge in [-0.15, -0.1) is 0 Å². The minimum absolute atomic E-state index is 0.0422. The largest absolute Gasteiger partial charge is 0.451 e. The Hall–Kier alpha value is -1.70. The average Bonchev–Trinajstić information content (AvgIpc) is 3.03. The molecular weight excluding hydrogens is 323 g/mol. The van der Waals surface area contributed by atoms with Gasteiger partial charge in [-0.25, -0.2) is 9.97 Å². The number of aliphatic hydroxyl groups is 1. The Kier molecular flexibility index (Phi) is 4.76. The monoisotopic (exact) mass is 343 g/mol. The van der Waals surface area contributed by atoms with Crippen LogP contribution in [0.15, 0.2) is 12.4 Å². The van der Waals surface area contributed by atoms with Crippen LogP contribution in [0, 0.1) is 5.92 Å². The first-order valence-corrected chi connectivity index (χ1v) is 8.26. The number of amides is 1. The first kappa shape index (κ1) is 17.1. The number of aliphatic hydroxyl groups excluding tert-OH is 1. The van der Waals surface area contributed by atoms with Gasteiger partial charge < -0.3 is 10.0 Å². The lowest BCUT2D eigenvalue weighted by Gasteiger charge is -2.37. The fourth-order valence-corrected chi connectivity index (χ4v) is 3.83. The second-order valence-corrected chi connectivity index (χ2v) is 6.52. The van der Waals surface area contributed by atoms with E-state index in [1.54, 1.807) is 4.90 Å². The van der Waals surface area contributed by atoms with Gasteiger partial charge in [-0.05, 0) is 25.7 Å². The van der Waals surface area contributed by atoms with Crippen molar-refractivity contribution in [3.05, 3.63) is 23.8 Å². The van der Waals surface area contributed by atoms with Crippen LogP contribution in [0.5, 0.6) is 0 Å². The summed E-state index contributed by atoms with van der Waals surface area (Å²) in [6.45, 7) is 0.549. The Labute approximate surface area is 137 Å². The summed E-state index contributed by atoms with van der Waals surface area (Å²) in [4.78, 5) is 20.8. The number of aromatic nitrogens is 2. The fourth-order valence-electron chi connectivity index (χ4n) is 3.83. The number of halogens is 3. The van der Waals surface area contributed by atoms with Gasteiger partial charge in [0, 0.05) is 30.9 Å². The molecule has 1 saturated heterocycles. The van der Waals surface area contributed by atoms with Crippen molar-refractivity contribution < 1.29 is 23.1 Å². The average molecular weight is 343 g/mol. The molecule has 0 spiro atoms. The molecule has 8 heteroatoms. The Morgan fingerprint density at radius 3 is 2.42 bits per heavy atom. The first-order valence-electron chi connectivity index (χ1n) is 8.26. The van der Waals surface area contributed by atoms with E-state index in [0.29, 0.717) is 6.54 Å². The standard InChI is InChI=1S/C16H20F3N3O2/c17-16(18,19)15-20-8-10(9-21-15)14(24)22-7-3-5-12(22)11-4-1-2-6-13(11)23/h8-9,11-13,23H,1-7H2. The van der Waals surface area contributed by atoms with Gasteiger partial charge in [-0.2, -0.15) is 13.2 Å². The van der Waals surface area contributed by atoms with Crippen LogP contribution in [0.1, 0.15) is 54.7 Å². The van der Waals surface area contributed by atoms with Gasteiger partial charge in [0.2, 0.25) is 5.82 Å². The Morgan fingerprint density at radius 2 is 1.79 bits per heavy atom. The van der Waals surface area contributed by atoms with E-state index < -0.39 is 18.1 Å². The van der Waals surface area contributed by atoms with Crippen LogP contribution in [-0.4, -0.2) is 44.6 Å². The van der Waals surface area contributed by atoms with Crippen molar-refractivity contribution in [1.82, 2.24) is 14.9 Å². The molecule has 1 aromatic heterocycles. The quantitative estimate of drug-likeness (QED) is 0.896. The first-order chi connectivity index (χ1) is 11.4. The summed E-state index contributed by atoms with van der Waals surface area (Å²) in [5, 5.41) is 10.2. The van der Waals surface area contributed by atoms with Gasteiger partial charge in [0.25, 0.3) is 5.91 Å². The van der Waals surface area contributed by atoms with Gasteiger partial charge >= 0.3 is 6.18 Å². The number of likely N-dealkylation sites (tertiary alicyclic amines) is 1. The third-order valence-electron chi connectivity index (χ3n) is 4.99. The number of rotatable bonds is 2. The number of hydrogen-bond donors (Lipinski definition) is 1. The zero-order valence-electron chi connectivity index (χ0n) is 13.2. The van der Waals surface area contributed by atoms with E-state index in [0.717, 1.165) is 50.9 Å². The molecule has 1 saturated carbocycles. The van der Waals surface area contributed by atoms with Crippen molar-refractivity contribution in [2.45, 2.75) is 56.8 Å². The van der Waals surface area contributed by atoms with Gasteiger partial charge in [0.1, 0.15) is 0 Å². The predicted molar refractivity (Wildman–Crippen MR) is 79.1 cm³/mol. The van der Waals surface area contributed by atoms with E-state index in [-0.39, 0.29) is 23.4 Å². The third kappa shape index (κ3) is 3.38. The maximum atomic E-state index is 12.7. The van der Waals surface area contributed by atoms with Crippen molar-refractivity contribution in [3.63, 3.8) is 0 Å². The summed E-state index contributed by atoms with van der Waals surface area (Å²) in [5.41, 5.74) is 0.0557. The van der Waals surface area contributed by atoms with Crippen LogP contribution in [0.3, 0.4) is 0 Å². The molecule has 5 nitrogen and oxygen atoms in total. The number of carbonyl (C=O) groups excluding carboxylic acids is 1. The summed E-state index contributed by atoms with van der Waals surface area (Å²) in [6, 6.07) is -0.0601. The van der Waals surface area contributed by atoms with E-state index in [9.17, 15) is 23.1 Å². The summed E-state index contributed by atoms with van der Waals surface area (Å²) in [5.74, 6) is -1.57. The summed E-state index contributed by atoms with van der Waals surface area (Å²) < 4.78 is 37.6. The van der Waals surface area contributed by atoms with Crippen LogP contribution in [-0.2, 0) is 6.18 Å². The highest BCUT2D eigenvalue weighted by Gasteiger charge is 2.40. The minimum atomic E-state index is -4.62. The van der Waals surface area contributed by atoms with Crippen LogP contribution < -0.4 is 0 Å². The van der Waals surface area contributed by atoms with Gasteiger partial charge in [-0.1, -0.05) is 12.8 Å². The summed E-state index contributed by atoms with van der Waals surface area (Å²) in [6.07, 6.45) is 2.12. The number of carbonyl (C=O) groups is 1. The second kappa shape index (κ2) is 6.66. The van der Waals surface area contributed by atoms with Crippen molar-refractivity contribution in [3.8, 4) is 0 Å². The molecule has 0 aromatic carbocycles. The molecule has 2 heterocycles. The fraction of sp³-hybridized carbons (Fsp3) is 0.688. The minimum Gasteiger partial charge on any atom is -0.393 e. The van der Waals surface area contributed by atoms with Crippen LogP contribution >= 0.6 is 0 Å². The normalized spacial score (nSPS) is 28.2. The van der Waals surface area contributed by atoms with Crippen molar-refractivity contribution >= 4 is 5.91 Å². The van der Waals surface area contributed by atoms with Gasteiger partial charge in [0.15, 0.2) is 0 Å². The SMILES string of the molecule is O=C(c1cnc(C(F)(F)F)nc1)N1CCCC1C1CCCCC1O. The summed E-state index contributed by atoms with van der Waals surface area (Å²) >= 11 is 0. The molecule has 0 bridgehead atoms. The molecule has 3 unspecified atom stereocenters. The number of nitrogens with zero attached hydrogens (tertiary/aromatic N) is 3. The molecule has 2 aliphatic rings. The predicted octanol–water partition coefficient (Wildman–Crippen LogP) is 2.65. The lowest BCUT2D eigenvalue weighted by molar-refractivity contribution is -0.145. The molecule has 1 N–H and O–H groups in total. The zero-order chi connectivity index (χ0) is 17.3. The Morgan fingerprint density at radius 1 is 1.12 bits per heavy atom. The van der Waals surface area contributed by atoms with Gasteiger partial charge in [0.05, 0.1) is 11.7 Å². The van der Waals surface area contributed by atoms with E-state index >= 15 is 0 Å². The number of hydrogen-bond acceptors (Lipinski definition) is 4. The Bertz CT molecular complexity index is 591. The lowest BCUT2D eigenvalue weighted by atomic mass is 9.80. The number of alkyl halides is 3. The highest BCUT2D eigenvalue weighted by molar-refractivity contribution is 5.94. The lowest BCUT2D eigenvalue weighted by Crippen LogP contribution is -2.45. The molecule has 132 valence electrons. The van der Waals surface area contributed by atoms with Crippen LogP contribution in [0.4, 0.5) is 13.2 Å². The molecule has 1 amide bonds. The van der Waals surface area contributed by atoms with Crippen molar-refractivity contribution in [2.24, 2.45) is 5.92 Å². The second-order valence-electron chi connectivity index (χ2n) is 6.52. The van der Waals surface area contributed by atoms with Crippen molar-refractivity contribution in [2.75, 3.05) is 6.54 Å². The maximum absolute atomic E-state index is 12.7. The highest BCUT2D eigenvalue weighted by Crippen LogP contribution is 2.35. The van der Waals surface area contributed by atoms with E-state index in [4.69, 9.17) is 0 Å².